The summed E-state index contributed by atoms with van der Waals surface area (Å²) in [4.78, 5) is 25.2. The minimum absolute atomic E-state index is 0.101. The topological polar surface area (TPSA) is 76.1 Å². The van der Waals surface area contributed by atoms with E-state index in [-0.39, 0.29) is 11.5 Å². The third-order valence-corrected chi connectivity index (χ3v) is 4.46. The summed E-state index contributed by atoms with van der Waals surface area (Å²) >= 11 is 0. The maximum atomic E-state index is 12.0. The Morgan fingerprint density at radius 2 is 2.00 bits per heavy atom. The number of benzene rings is 2. The van der Waals surface area contributed by atoms with Gasteiger partial charge in [0, 0.05) is 31.6 Å². The second-order valence-electron chi connectivity index (χ2n) is 6.33. The van der Waals surface area contributed by atoms with Gasteiger partial charge in [-0.2, -0.15) is 0 Å². The highest BCUT2D eigenvalue weighted by Gasteiger charge is 2.31. The van der Waals surface area contributed by atoms with Gasteiger partial charge in [0.05, 0.1) is 5.56 Å². The summed E-state index contributed by atoms with van der Waals surface area (Å²) in [5, 5.41) is 9.47. The smallest absolute Gasteiger partial charge is 0.336 e. The first-order chi connectivity index (χ1) is 12.5. The predicted octanol–water partition coefficient (Wildman–Crippen LogP) is 2.88. The highest BCUT2D eigenvalue weighted by atomic mass is 16.5. The summed E-state index contributed by atoms with van der Waals surface area (Å²) in [6.07, 6.45) is -0.0161. The average molecular weight is 355 g/mol. The Balaban J connectivity index is 1.84. The molecule has 0 spiro atoms. The maximum absolute atomic E-state index is 12.0. The van der Waals surface area contributed by atoms with Crippen LogP contribution in [0.25, 0.3) is 0 Å². The number of carbonyl (C=O) groups is 2. The van der Waals surface area contributed by atoms with Crippen molar-refractivity contribution in [3.63, 3.8) is 0 Å². The van der Waals surface area contributed by atoms with Crippen LogP contribution in [-0.4, -0.2) is 41.6 Å². The number of ether oxygens (including phenoxy) is 2. The number of carboxylic acid groups (broad SMARTS) is 1. The molecule has 2 aromatic carbocycles. The van der Waals surface area contributed by atoms with Crippen molar-refractivity contribution in [2.45, 2.75) is 26.1 Å². The van der Waals surface area contributed by atoms with Gasteiger partial charge in [-0.15, -0.1) is 0 Å². The monoisotopic (exact) mass is 355 g/mol. The lowest BCUT2D eigenvalue weighted by atomic mass is 10.1. The number of likely N-dealkylation sites (tertiary alicyclic amines) is 1. The van der Waals surface area contributed by atoms with Gasteiger partial charge in [0.15, 0.2) is 6.10 Å². The van der Waals surface area contributed by atoms with Crippen molar-refractivity contribution in [2.24, 2.45) is 0 Å². The van der Waals surface area contributed by atoms with Gasteiger partial charge in [0.25, 0.3) is 5.91 Å². The van der Waals surface area contributed by atoms with Crippen LogP contribution < -0.4 is 9.47 Å². The number of rotatable bonds is 6. The fourth-order valence-corrected chi connectivity index (χ4v) is 2.90. The third kappa shape index (κ3) is 3.79. The molecule has 2 aromatic rings. The molecule has 6 heteroatoms. The van der Waals surface area contributed by atoms with E-state index in [0.29, 0.717) is 36.6 Å². The van der Waals surface area contributed by atoms with Gasteiger partial charge < -0.3 is 19.5 Å². The van der Waals surface area contributed by atoms with Crippen molar-refractivity contribution < 1.29 is 24.2 Å². The molecule has 0 radical (unpaired) electrons. The van der Waals surface area contributed by atoms with E-state index in [1.54, 1.807) is 24.9 Å². The number of likely N-dealkylation sites (N-methyl/N-ethyl adjacent to an activating group) is 1. The van der Waals surface area contributed by atoms with Crippen LogP contribution in [0.5, 0.6) is 11.5 Å². The lowest BCUT2D eigenvalue weighted by Crippen LogP contribution is -2.29. The molecular formula is C20H21NO5. The Bertz CT molecular complexity index is 818. The number of carbonyl (C=O) groups excluding carboxylic acids is 1. The Morgan fingerprint density at radius 3 is 2.62 bits per heavy atom. The van der Waals surface area contributed by atoms with E-state index in [9.17, 15) is 14.7 Å². The van der Waals surface area contributed by atoms with E-state index < -0.39 is 12.1 Å². The lowest BCUT2D eigenvalue weighted by molar-refractivity contribution is -0.132. The fourth-order valence-electron chi connectivity index (χ4n) is 2.90. The Kier molecular flexibility index (Phi) is 5.11. The molecule has 1 N–H and O–H groups in total. The van der Waals surface area contributed by atoms with Crippen LogP contribution in [0, 0.1) is 6.92 Å². The molecule has 1 heterocycles. The number of aromatic carboxylic acids is 1. The number of hydrogen-bond acceptors (Lipinski definition) is 4. The molecule has 1 unspecified atom stereocenters. The fraction of sp³-hybridized carbons (Fsp3) is 0.300. The Labute approximate surface area is 152 Å². The zero-order valence-electron chi connectivity index (χ0n) is 14.8. The van der Waals surface area contributed by atoms with E-state index in [4.69, 9.17) is 9.47 Å². The number of hydrogen-bond donors (Lipinski definition) is 1. The van der Waals surface area contributed by atoms with Crippen LogP contribution in [-0.2, 0) is 11.4 Å². The van der Waals surface area contributed by atoms with Gasteiger partial charge in [-0.25, -0.2) is 4.79 Å². The first-order valence-corrected chi connectivity index (χ1v) is 8.42. The van der Waals surface area contributed by atoms with Crippen molar-refractivity contribution in [2.75, 3.05) is 13.6 Å². The van der Waals surface area contributed by atoms with Crippen LogP contribution in [0.3, 0.4) is 0 Å². The van der Waals surface area contributed by atoms with E-state index in [2.05, 4.69) is 0 Å². The molecule has 3 rings (SSSR count). The van der Waals surface area contributed by atoms with Gasteiger partial charge in [-0.1, -0.05) is 30.3 Å². The molecule has 1 amide bonds. The molecule has 0 aromatic heterocycles. The largest absolute Gasteiger partial charge is 0.488 e. The summed E-state index contributed by atoms with van der Waals surface area (Å²) in [6.45, 7) is 2.63. The molecule has 0 bridgehead atoms. The highest BCUT2D eigenvalue weighted by Crippen LogP contribution is 2.31. The summed E-state index contributed by atoms with van der Waals surface area (Å²) in [5.74, 6) is -0.408. The molecule has 0 aliphatic carbocycles. The SMILES string of the molecule is Cc1c(OCc2ccccc2)cc(OC2CCN(C)C2=O)cc1C(=O)O. The summed E-state index contributed by atoms with van der Waals surface area (Å²) in [7, 11) is 1.72. The summed E-state index contributed by atoms with van der Waals surface area (Å²) < 4.78 is 11.6. The van der Waals surface area contributed by atoms with Gasteiger partial charge >= 0.3 is 5.97 Å². The van der Waals surface area contributed by atoms with Crippen LogP contribution in [0.1, 0.15) is 27.9 Å². The van der Waals surface area contributed by atoms with Crippen molar-refractivity contribution in [3.05, 3.63) is 59.2 Å². The number of nitrogens with zero attached hydrogens (tertiary/aromatic N) is 1. The first kappa shape index (κ1) is 17.8. The molecule has 1 atom stereocenters. The molecule has 0 saturated carbocycles. The molecule has 1 saturated heterocycles. The molecule has 6 nitrogen and oxygen atoms in total. The quantitative estimate of drug-likeness (QED) is 0.862. The van der Waals surface area contributed by atoms with Gasteiger partial charge in [-0.05, 0) is 18.6 Å². The minimum Gasteiger partial charge on any atom is -0.488 e. The number of carboxylic acids is 1. The molecule has 26 heavy (non-hydrogen) atoms. The van der Waals surface area contributed by atoms with Crippen molar-refractivity contribution in [1.29, 1.82) is 0 Å². The molecular weight excluding hydrogens is 334 g/mol. The van der Waals surface area contributed by atoms with Gasteiger partial charge in [0.1, 0.15) is 18.1 Å². The highest BCUT2D eigenvalue weighted by molar-refractivity contribution is 5.91. The predicted molar refractivity (Wildman–Crippen MR) is 95.6 cm³/mol. The molecule has 136 valence electrons. The van der Waals surface area contributed by atoms with Crippen LogP contribution in [0.2, 0.25) is 0 Å². The van der Waals surface area contributed by atoms with Gasteiger partial charge in [-0.3, -0.25) is 4.79 Å². The second-order valence-corrected chi connectivity index (χ2v) is 6.33. The Hall–Kier alpha value is -3.02. The molecule has 1 aliphatic rings. The van der Waals surface area contributed by atoms with Crippen molar-refractivity contribution in [1.82, 2.24) is 4.90 Å². The van der Waals surface area contributed by atoms with Crippen molar-refractivity contribution in [3.8, 4) is 11.5 Å². The standard InChI is InChI=1S/C20H21NO5/c1-13-16(20(23)24)10-15(26-17-8-9-21(2)19(17)22)11-18(13)25-12-14-6-4-3-5-7-14/h3-7,10-11,17H,8-9,12H2,1-2H3,(H,23,24). The average Bonchev–Trinajstić information content (AvgIpc) is 2.94. The van der Waals surface area contributed by atoms with Crippen molar-refractivity contribution >= 4 is 11.9 Å². The minimum atomic E-state index is -1.06. The first-order valence-electron chi connectivity index (χ1n) is 8.42. The molecule has 1 fully saturated rings. The van der Waals surface area contributed by atoms with Crippen LogP contribution in [0.4, 0.5) is 0 Å². The van der Waals surface area contributed by atoms with E-state index in [1.807, 2.05) is 30.3 Å². The molecule has 1 aliphatic heterocycles. The Morgan fingerprint density at radius 1 is 1.27 bits per heavy atom. The zero-order chi connectivity index (χ0) is 18.7. The maximum Gasteiger partial charge on any atom is 0.336 e. The summed E-state index contributed by atoms with van der Waals surface area (Å²) in [5.41, 5.74) is 1.60. The third-order valence-electron chi connectivity index (χ3n) is 4.46. The second kappa shape index (κ2) is 7.47. The van der Waals surface area contributed by atoms with Crippen LogP contribution >= 0.6 is 0 Å². The van der Waals surface area contributed by atoms with E-state index in [1.165, 1.54) is 6.07 Å². The number of amides is 1. The lowest BCUT2D eigenvalue weighted by Gasteiger charge is -2.17. The van der Waals surface area contributed by atoms with Gasteiger partial charge in [0.2, 0.25) is 0 Å². The summed E-state index contributed by atoms with van der Waals surface area (Å²) in [6, 6.07) is 12.7. The zero-order valence-corrected chi connectivity index (χ0v) is 14.8. The van der Waals surface area contributed by atoms with Crippen LogP contribution in [0.15, 0.2) is 42.5 Å². The van der Waals surface area contributed by atoms with E-state index in [0.717, 1.165) is 5.56 Å². The van der Waals surface area contributed by atoms with E-state index >= 15 is 0 Å². The normalized spacial score (nSPS) is 16.6.